The fraction of sp³-hybridized carbons (Fsp3) is 0.360. The Morgan fingerprint density at radius 1 is 1.00 bits per heavy atom. The molecule has 0 aliphatic heterocycles. The summed E-state index contributed by atoms with van der Waals surface area (Å²) in [5.41, 5.74) is 1.46. The Morgan fingerprint density at radius 3 is 2.00 bits per heavy atom. The van der Waals surface area contributed by atoms with Gasteiger partial charge in [0.2, 0.25) is 0 Å². The number of carbonyl (C=O) groups is 1. The summed E-state index contributed by atoms with van der Waals surface area (Å²) >= 11 is 1.18. The van der Waals surface area contributed by atoms with E-state index >= 15 is 0 Å². The molecule has 1 amide bonds. The van der Waals surface area contributed by atoms with Gasteiger partial charge in [0.25, 0.3) is 5.91 Å². The van der Waals surface area contributed by atoms with Crippen molar-refractivity contribution in [2.45, 2.75) is 52.2 Å². The minimum Gasteiger partial charge on any atom is -0.361 e. The van der Waals surface area contributed by atoms with Crippen LogP contribution in [0.15, 0.2) is 71.3 Å². The molecule has 182 valence electrons. The predicted molar refractivity (Wildman–Crippen MR) is 137 cm³/mol. The average Bonchev–Trinajstić information content (AvgIpc) is 2.80. The Morgan fingerprint density at radius 2 is 1.53 bits per heavy atom. The van der Waals surface area contributed by atoms with Crippen LogP contribution in [-0.2, 0) is 25.0 Å². The Bertz CT molecular complexity index is 1040. The number of nitriles is 1. The lowest BCUT2D eigenvalue weighted by molar-refractivity contribution is -0.117. The number of hydrogen-bond acceptors (Lipinski definition) is 7. The second-order valence-electron chi connectivity index (χ2n) is 7.99. The van der Waals surface area contributed by atoms with E-state index < -0.39 is 19.3 Å². The number of nitrogens with zero attached hydrogens (tertiary/aromatic N) is 1. The number of amides is 1. The van der Waals surface area contributed by atoms with E-state index in [0.29, 0.717) is 5.56 Å². The van der Waals surface area contributed by atoms with E-state index in [2.05, 4.69) is 10.6 Å². The van der Waals surface area contributed by atoms with E-state index in [-0.39, 0.29) is 29.4 Å². The second-order valence-corrected chi connectivity index (χ2v) is 10.8. The summed E-state index contributed by atoms with van der Waals surface area (Å²) in [6.45, 7) is 7.39. The summed E-state index contributed by atoms with van der Waals surface area (Å²) in [6.07, 6.45) is 0.997. The molecule has 0 radical (unpaired) electrons. The Balaban J connectivity index is 2.44. The number of rotatable bonds is 12. The van der Waals surface area contributed by atoms with Crippen molar-refractivity contribution in [3.8, 4) is 6.07 Å². The molecular formula is C25H32N3O4PS. The van der Waals surface area contributed by atoms with Crippen LogP contribution in [0.25, 0.3) is 0 Å². The molecule has 0 heterocycles. The summed E-state index contributed by atoms with van der Waals surface area (Å²) in [4.78, 5) is 12.9. The van der Waals surface area contributed by atoms with Crippen LogP contribution in [0.4, 0.5) is 0 Å². The minimum atomic E-state index is -3.77. The van der Waals surface area contributed by atoms with Crippen molar-refractivity contribution >= 4 is 25.3 Å². The van der Waals surface area contributed by atoms with Gasteiger partial charge < -0.3 is 19.7 Å². The molecule has 0 saturated heterocycles. The van der Waals surface area contributed by atoms with Gasteiger partial charge in [-0.2, -0.15) is 5.26 Å². The van der Waals surface area contributed by atoms with Gasteiger partial charge >= 0.3 is 7.60 Å². The number of hydrogen-bond donors (Lipinski definition) is 2. The zero-order valence-electron chi connectivity index (χ0n) is 20.1. The van der Waals surface area contributed by atoms with Crippen molar-refractivity contribution < 1.29 is 18.4 Å². The van der Waals surface area contributed by atoms with Crippen molar-refractivity contribution in [2.75, 3.05) is 6.26 Å². The third-order valence-electron chi connectivity index (χ3n) is 4.48. The van der Waals surface area contributed by atoms with E-state index in [1.807, 2.05) is 54.6 Å². The van der Waals surface area contributed by atoms with E-state index in [4.69, 9.17) is 9.05 Å². The third kappa shape index (κ3) is 8.03. The monoisotopic (exact) mass is 501 g/mol. The zero-order valence-corrected chi connectivity index (χ0v) is 21.9. The zero-order chi connectivity index (χ0) is 25.1. The molecule has 2 aromatic carbocycles. The van der Waals surface area contributed by atoms with Crippen LogP contribution in [0.3, 0.4) is 0 Å². The predicted octanol–water partition coefficient (Wildman–Crippen LogP) is 5.73. The topological polar surface area (TPSA) is 100 Å². The van der Waals surface area contributed by atoms with Gasteiger partial charge in [-0.3, -0.25) is 9.36 Å². The van der Waals surface area contributed by atoms with Gasteiger partial charge in [-0.1, -0.05) is 60.7 Å². The van der Waals surface area contributed by atoms with Gasteiger partial charge in [-0.25, -0.2) is 0 Å². The number of nitrogens with one attached hydrogen (secondary N) is 2. The van der Waals surface area contributed by atoms with Crippen LogP contribution in [0.5, 0.6) is 0 Å². The summed E-state index contributed by atoms with van der Waals surface area (Å²) < 4.78 is 25.7. The van der Waals surface area contributed by atoms with Crippen molar-refractivity contribution in [1.82, 2.24) is 10.6 Å². The summed E-state index contributed by atoms with van der Waals surface area (Å²) in [5, 5.41) is 16.0. The fourth-order valence-electron chi connectivity index (χ4n) is 3.14. The van der Waals surface area contributed by atoms with Crippen LogP contribution >= 0.6 is 19.4 Å². The quantitative estimate of drug-likeness (QED) is 0.218. The Kier molecular flexibility index (Phi) is 10.9. The summed E-state index contributed by atoms with van der Waals surface area (Å²) in [7, 11) is -3.77. The molecule has 9 heteroatoms. The van der Waals surface area contributed by atoms with Gasteiger partial charge in [0.15, 0.2) is 5.78 Å². The van der Waals surface area contributed by atoms with E-state index in [0.717, 1.165) is 5.56 Å². The molecule has 0 bridgehead atoms. The highest BCUT2D eigenvalue weighted by Crippen LogP contribution is 2.61. The molecule has 1 unspecified atom stereocenters. The second kappa shape index (κ2) is 13.4. The molecule has 2 rings (SSSR count). The van der Waals surface area contributed by atoms with Crippen molar-refractivity contribution in [2.24, 2.45) is 0 Å². The summed E-state index contributed by atoms with van der Waals surface area (Å²) in [6, 6.07) is 20.5. The molecule has 0 fully saturated rings. The third-order valence-corrected chi connectivity index (χ3v) is 7.70. The maximum Gasteiger partial charge on any atom is 0.357 e. The van der Waals surface area contributed by atoms with Gasteiger partial charge in [-0.05, 0) is 45.1 Å². The Hall–Kier alpha value is -2.56. The molecule has 0 saturated carbocycles. The van der Waals surface area contributed by atoms with E-state index in [1.54, 1.807) is 46.1 Å². The first kappa shape index (κ1) is 27.7. The molecule has 0 aromatic heterocycles. The molecule has 2 N–H and O–H groups in total. The van der Waals surface area contributed by atoms with Crippen LogP contribution in [-0.4, -0.2) is 24.4 Å². The van der Waals surface area contributed by atoms with Gasteiger partial charge in [0.1, 0.15) is 11.6 Å². The highest BCUT2D eigenvalue weighted by molar-refractivity contribution is 8.02. The molecule has 1 atom stereocenters. The number of carbonyl (C=O) groups excluding carboxylic acids is 1. The lowest BCUT2D eigenvalue weighted by Crippen LogP contribution is -2.29. The largest absolute Gasteiger partial charge is 0.361 e. The van der Waals surface area contributed by atoms with Crippen molar-refractivity contribution in [1.29, 1.82) is 5.26 Å². The molecule has 0 aliphatic carbocycles. The van der Waals surface area contributed by atoms with Gasteiger partial charge in [0.05, 0.1) is 17.2 Å². The number of benzene rings is 2. The fourth-order valence-corrected chi connectivity index (χ4v) is 6.10. The maximum absolute atomic E-state index is 14.1. The maximum atomic E-state index is 14.1. The van der Waals surface area contributed by atoms with Crippen molar-refractivity contribution in [3.05, 3.63) is 82.4 Å². The van der Waals surface area contributed by atoms with E-state index in [1.165, 1.54) is 11.8 Å². The first-order valence-corrected chi connectivity index (χ1v) is 13.8. The smallest absolute Gasteiger partial charge is 0.357 e. The van der Waals surface area contributed by atoms with Crippen LogP contribution in [0.1, 0.15) is 44.6 Å². The number of thioether (sulfide) groups is 1. The minimum absolute atomic E-state index is 0.106. The molecule has 2 aromatic rings. The Labute approximate surface area is 206 Å². The van der Waals surface area contributed by atoms with Crippen LogP contribution in [0.2, 0.25) is 0 Å². The molecule has 7 nitrogen and oxygen atoms in total. The first-order valence-electron chi connectivity index (χ1n) is 11.0. The lowest BCUT2D eigenvalue weighted by atomic mass is 10.2. The molecule has 0 aliphatic rings. The SMILES string of the molecule is CS/C(NC(c1ccccc1)P(=O)(OC(C)C)OC(C)C)=C(\C#N)C(=O)NCc1ccccc1. The lowest BCUT2D eigenvalue weighted by Gasteiger charge is -2.31. The summed E-state index contributed by atoms with van der Waals surface area (Å²) in [5.74, 6) is -1.45. The molecule has 0 spiro atoms. The van der Waals surface area contributed by atoms with Crippen molar-refractivity contribution in [3.63, 3.8) is 0 Å². The van der Waals surface area contributed by atoms with Gasteiger partial charge in [-0.15, -0.1) is 11.8 Å². The molecular weight excluding hydrogens is 469 g/mol. The highest BCUT2D eigenvalue weighted by atomic mass is 32.2. The molecule has 34 heavy (non-hydrogen) atoms. The van der Waals surface area contributed by atoms with Crippen LogP contribution < -0.4 is 10.6 Å². The normalized spacial score (nSPS) is 13.2. The average molecular weight is 502 g/mol. The highest BCUT2D eigenvalue weighted by Gasteiger charge is 2.40. The van der Waals surface area contributed by atoms with E-state index in [9.17, 15) is 14.6 Å². The standard InChI is InChI=1S/C25H32N3O4PS/c1-18(2)31-33(30,32-19(3)4)24(21-14-10-7-11-15-21)28-25(34-5)22(16-26)23(29)27-17-20-12-8-6-9-13-20/h6-15,18-19,24,28H,17H2,1-5H3,(H,27,29)/b25-22+. The van der Waals surface area contributed by atoms with Gasteiger partial charge in [0, 0.05) is 6.54 Å². The van der Waals surface area contributed by atoms with Crippen LogP contribution in [0, 0.1) is 11.3 Å². The first-order chi connectivity index (χ1) is 16.2.